The zero-order valence-electron chi connectivity index (χ0n) is 9.08. The molecule has 1 saturated heterocycles. The van der Waals surface area contributed by atoms with Gasteiger partial charge < -0.3 is 4.90 Å². The Morgan fingerprint density at radius 3 is 2.88 bits per heavy atom. The lowest BCUT2D eigenvalue weighted by Crippen LogP contribution is -2.40. The fourth-order valence-electron chi connectivity index (χ4n) is 1.85. The quantitative estimate of drug-likeness (QED) is 0.799. The molecule has 0 aliphatic carbocycles. The molecule has 0 unspecified atom stereocenters. The highest BCUT2D eigenvalue weighted by atomic mass is 79.9. The summed E-state index contributed by atoms with van der Waals surface area (Å²) in [5, 5.41) is 0.399. The van der Waals surface area contributed by atoms with Crippen LogP contribution in [0.1, 0.15) is 23.2 Å². The third kappa shape index (κ3) is 2.69. The van der Waals surface area contributed by atoms with Crippen molar-refractivity contribution in [1.82, 2.24) is 4.90 Å². The summed E-state index contributed by atoms with van der Waals surface area (Å²) in [6, 6.07) is 5.21. The molecule has 0 atom stereocenters. The Morgan fingerprint density at radius 1 is 1.41 bits per heavy atom. The molecule has 0 bridgehead atoms. The van der Waals surface area contributed by atoms with E-state index in [0.29, 0.717) is 28.0 Å². The molecule has 90 valence electrons. The van der Waals surface area contributed by atoms with Gasteiger partial charge in [0.15, 0.2) is 5.78 Å². The van der Waals surface area contributed by atoms with Crippen LogP contribution in [0.4, 0.5) is 0 Å². The van der Waals surface area contributed by atoms with Gasteiger partial charge in [-0.1, -0.05) is 17.7 Å². The number of nitrogens with zero attached hydrogens (tertiary/aromatic N) is 1. The van der Waals surface area contributed by atoms with E-state index in [2.05, 4.69) is 15.9 Å². The summed E-state index contributed by atoms with van der Waals surface area (Å²) in [6.45, 7) is 0.815. The van der Waals surface area contributed by atoms with Crippen molar-refractivity contribution in [1.29, 1.82) is 0 Å². The summed E-state index contributed by atoms with van der Waals surface area (Å²) in [4.78, 5) is 25.1. The first kappa shape index (κ1) is 12.6. The number of hydrogen-bond acceptors (Lipinski definition) is 2. The van der Waals surface area contributed by atoms with Gasteiger partial charge in [-0.3, -0.25) is 9.59 Å². The summed E-state index contributed by atoms with van der Waals surface area (Å²) < 4.78 is 0.688. The molecule has 5 heteroatoms. The summed E-state index contributed by atoms with van der Waals surface area (Å²) >= 11 is 9.35. The summed E-state index contributed by atoms with van der Waals surface area (Å²) in [7, 11) is 0. The Balaban J connectivity index is 2.24. The van der Waals surface area contributed by atoms with Gasteiger partial charge in [0, 0.05) is 17.4 Å². The largest absolute Gasteiger partial charge is 0.331 e. The SMILES string of the molecule is O=C1CCCN(C(=O)c2cccc(Br)c2Cl)C1. The van der Waals surface area contributed by atoms with Crippen molar-refractivity contribution in [2.24, 2.45) is 0 Å². The monoisotopic (exact) mass is 315 g/mol. The number of hydrogen-bond donors (Lipinski definition) is 0. The first-order chi connectivity index (χ1) is 8.09. The molecule has 1 aliphatic heterocycles. The number of piperidine rings is 1. The fraction of sp³-hybridized carbons (Fsp3) is 0.333. The van der Waals surface area contributed by atoms with Gasteiger partial charge in [-0.25, -0.2) is 0 Å². The topological polar surface area (TPSA) is 37.4 Å². The van der Waals surface area contributed by atoms with E-state index in [-0.39, 0.29) is 18.2 Å². The van der Waals surface area contributed by atoms with E-state index in [1.54, 1.807) is 23.1 Å². The number of Topliss-reactive ketones (excluding diaryl/α,β-unsaturated/α-hetero) is 1. The number of likely N-dealkylation sites (tertiary alicyclic amines) is 1. The Hall–Kier alpha value is -0.870. The Bertz CT molecular complexity index is 476. The molecule has 1 amide bonds. The molecule has 1 aromatic rings. The molecule has 0 N–H and O–H groups in total. The van der Waals surface area contributed by atoms with Crippen LogP contribution in [0.2, 0.25) is 5.02 Å². The number of ketones is 1. The van der Waals surface area contributed by atoms with E-state index in [1.807, 2.05) is 0 Å². The predicted octanol–water partition coefficient (Wildman–Crippen LogP) is 2.91. The summed E-state index contributed by atoms with van der Waals surface area (Å²) in [6.07, 6.45) is 1.30. The lowest BCUT2D eigenvalue weighted by Gasteiger charge is -2.26. The average Bonchev–Trinajstić information content (AvgIpc) is 2.32. The zero-order chi connectivity index (χ0) is 12.4. The van der Waals surface area contributed by atoms with E-state index >= 15 is 0 Å². The van der Waals surface area contributed by atoms with Crippen LogP contribution in [-0.2, 0) is 4.79 Å². The van der Waals surface area contributed by atoms with Crippen LogP contribution in [0.25, 0.3) is 0 Å². The third-order valence-electron chi connectivity index (χ3n) is 2.72. The number of amides is 1. The van der Waals surface area contributed by atoms with E-state index < -0.39 is 0 Å². The van der Waals surface area contributed by atoms with Gasteiger partial charge in [0.05, 0.1) is 17.1 Å². The van der Waals surface area contributed by atoms with Gasteiger partial charge in [-0.15, -0.1) is 0 Å². The highest BCUT2D eigenvalue weighted by Crippen LogP contribution is 2.27. The zero-order valence-corrected chi connectivity index (χ0v) is 11.4. The first-order valence-electron chi connectivity index (χ1n) is 5.34. The molecular formula is C12H11BrClNO2. The first-order valence-corrected chi connectivity index (χ1v) is 6.51. The van der Waals surface area contributed by atoms with E-state index in [9.17, 15) is 9.59 Å². The Labute approximate surface area is 113 Å². The predicted molar refractivity (Wildman–Crippen MR) is 69.3 cm³/mol. The van der Waals surface area contributed by atoms with Crippen LogP contribution in [0.15, 0.2) is 22.7 Å². The number of carbonyl (C=O) groups is 2. The van der Waals surface area contributed by atoms with Gasteiger partial charge in [0.25, 0.3) is 5.91 Å². The second-order valence-corrected chi connectivity index (χ2v) is 5.20. The minimum atomic E-state index is -0.177. The maximum atomic E-state index is 12.2. The molecule has 1 aromatic carbocycles. The maximum absolute atomic E-state index is 12.2. The van der Waals surface area contributed by atoms with Gasteiger partial charge in [0.1, 0.15) is 0 Å². The minimum absolute atomic E-state index is 0.107. The summed E-state index contributed by atoms with van der Waals surface area (Å²) in [5.41, 5.74) is 0.441. The van der Waals surface area contributed by atoms with Crippen LogP contribution in [-0.4, -0.2) is 29.7 Å². The third-order valence-corrected chi connectivity index (χ3v) is 4.02. The van der Waals surface area contributed by atoms with Crippen molar-refractivity contribution >= 4 is 39.2 Å². The minimum Gasteiger partial charge on any atom is -0.331 e. The number of benzene rings is 1. The Kier molecular flexibility index (Phi) is 3.84. The molecule has 3 nitrogen and oxygen atoms in total. The normalized spacial score (nSPS) is 16.1. The highest BCUT2D eigenvalue weighted by Gasteiger charge is 2.24. The molecule has 17 heavy (non-hydrogen) atoms. The van der Waals surface area contributed by atoms with E-state index in [1.165, 1.54) is 0 Å². The van der Waals surface area contributed by atoms with Crippen molar-refractivity contribution in [2.75, 3.05) is 13.1 Å². The van der Waals surface area contributed by atoms with Crippen molar-refractivity contribution in [3.63, 3.8) is 0 Å². The standard InChI is InChI=1S/C12H11BrClNO2/c13-10-5-1-4-9(11(10)14)12(17)15-6-2-3-8(16)7-15/h1,4-5H,2-3,6-7H2. The molecule has 0 spiro atoms. The van der Waals surface area contributed by atoms with Crippen LogP contribution in [0.3, 0.4) is 0 Å². The van der Waals surface area contributed by atoms with Gasteiger partial charge in [0.2, 0.25) is 0 Å². The van der Waals surface area contributed by atoms with Crippen LogP contribution < -0.4 is 0 Å². The smallest absolute Gasteiger partial charge is 0.255 e. The lowest BCUT2D eigenvalue weighted by atomic mass is 10.1. The highest BCUT2D eigenvalue weighted by molar-refractivity contribution is 9.10. The number of carbonyl (C=O) groups excluding carboxylic acids is 2. The van der Waals surface area contributed by atoms with Crippen LogP contribution in [0, 0.1) is 0 Å². The van der Waals surface area contributed by atoms with Crippen LogP contribution >= 0.6 is 27.5 Å². The average molecular weight is 317 g/mol. The fourth-order valence-corrected chi connectivity index (χ4v) is 2.42. The Morgan fingerprint density at radius 2 is 2.18 bits per heavy atom. The number of rotatable bonds is 1. The van der Waals surface area contributed by atoms with E-state index in [0.717, 1.165) is 6.42 Å². The van der Waals surface area contributed by atoms with Crippen molar-refractivity contribution in [3.05, 3.63) is 33.3 Å². The number of halogens is 2. The molecule has 1 fully saturated rings. The molecule has 0 saturated carbocycles. The van der Waals surface area contributed by atoms with Crippen LogP contribution in [0.5, 0.6) is 0 Å². The van der Waals surface area contributed by atoms with E-state index in [4.69, 9.17) is 11.6 Å². The van der Waals surface area contributed by atoms with Crippen molar-refractivity contribution in [3.8, 4) is 0 Å². The molecule has 1 aliphatic rings. The maximum Gasteiger partial charge on any atom is 0.255 e. The lowest BCUT2D eigenvalue weighted by molar-refractivity contribution is -0.121. The molecular weight excluding hydrogens is 305 g/mol. The molecule has 0 aromatic heterocycles. The van der Waals surface area contributed by atoms with Gasteiger partial charge in [-0.2, -0.15) is 0 Å². The molecule has 0 radical (unpaired) electrons. The summed E-state index contributed by atoms with van der Waals surface area (Å²) in [5.74, 6) is -0.0694. The van der Waals surface area contributed by atoms with Crippen molar-refractivity contribution < 1.29 is 9.59 Å². The molecule has 2 rings (SSSR count). The second kappa shape index (κ2) is 5.19. The van der Waals surface area contributed by atoms with Crippen molar-refractivity contribution in [2.45, 2.75) is 12.8 Å². The second-order valence-electron chi connectivity index (χ2n) is 3.97. The van der Waals surface area contributed by atoms with Gasteiger partial charge in [-0.05, 0) is 34.5 Å². The molecule has 1 heterocycles. The van der Waals surface area contributed by atoms with Gasteiger partial charge >= 0.3 is 0 Å².